The Morgan fingerprint density at radius 3 is 2.44 bits per heavy atom. The van der Waals surface area contributed by atoms with Crippen LogP contribution in [-0.4, -0.2) is 17.0 Å². The van der Waals surface area contributed by atoms with Crippen molar-refractivity contribution in [2.45, 2.75) is 33.6 Å². The third-order valence-corrected chi connectivity index (χ3v) is 2.85. The first-order valence-corrected chi connectivity index (χ1v) is 5.97. The van der Waals surface area contributed by atoms with Gasteiger partial charge in [0.05, 0.1) is 0 Å². The topological polar surface area (TPSA) is 66.4 Å². The number of amides is 1. The van der Waals surface area contributed by atoms with Gasteiger partial charge in [-0.3, -0.25) is 9.59 Å². The summed E-state index contributed by atoms with van der Waals surface area (Å²) in [5.74, 6) is -1.18. The van der Waals surface area contributed by atoms with E-state index in [4.69, 9.17) is 5.11 Å². The van der Waals surface area contributed by atoms with Crippen LogP contribution in [0.2, 0.25) is 0 Å². The molecule has 18 heavy (non-hydrogen) atoms. The average Bonchev–Trinajstić information content (AvgIpc) is 2.21. The molecule has 0 aliphatic rings. The van der Waals surface area contributed by atoms with Crippen LogP contribution >= 0.6 is 0 Å². The van der Waals surface area contributed by atoms with Crippen molar-refractivity contribution in [2.24, 2.45) is 5.92 Å². The van der Waals surface area contributed by atoms with Gasteiger partial charge in [-0.15, -0.1) is 0 Å². The van der Waals surface area contributed by atoms with Gasteiger partial charge in [-0.2, -0.15) is 0 Å². The third-order valence-electron chi connectivity index (χ3n) is 2.85. The first-order chi connectivity index (χ1) is 8.38. The molecular weight excluding hydrogens is 230 g/mol. The van der Waals surface area contributed by atoms with Crippen molar-refractivity contribution in [1.29, 1.82) is 0 Å². The van der Waals surface area contributed by atoms with Crippen LogP contribution in [0.4, 0.5) is 5.69 Å². The number of anilines is 1. The Balaban J connectivity index is 2.54. The molecule has 0 saturated carbocycles. The number of carbonyl (C=O) groups is 2. The second-order valence-corrected chi connectivity index (χ2v) is 4.75. The molecule has 0 aromatic heterocycles. The van der Waals surface area contributed by atoms with E-state index < -0.39 is 5.97 Å². The Morgan fingerprint density at radius 1 is 1.22 bits per heavy atom. The molecule has 98 valence electrons. The molecule has 1 aromatic rings. The molecule has 0 saturated heterocycles. The minimum Gasteiger partial charge on any atom is -0.481 e. The summed E-state index contributed by atoms with van der Waals surface area (Å²) in [7, 11) is 0. The molecule has 1 aromatic carbocycles. The van der Waals surface area contributed by atoms with E-state index in [-0.39, 0.29) is 24.7 Å². The van der Waals surface area contributed by atoms with Crippen LogP contribution in [0.15, 0.2) is 18.2 Å². The number of aryl methyl sites for hydroxylation is 2. The Labute approximate surface area is 107 Å². The summed E-state index contributed by atoms with van der Waals surface area (Å²) in [6.07, 6.45) is 0.236. The fourth-order valence-electron chi connectivity index (χ4n) is 1.72. The first kappa shape index (κ1) is 14.2. The average molecular weight is 249 g/mol. The normalized spacial score (nSPS) is 11.9. The van der Waals surface area contributed by atoms with E-state index in [1.807, 2.05) is 32.0 Å². The quantitative estimate of drug-likeness (QED) is 0.843. The lowest BCUT2D eigenvalue weighted by atomic mass is 10.0. The van der Waals surface area contributed by atoms with Gasteiger partial charge in [0.15, 0.2) is 0 Å². The zero-order valence-corrected chi connectivity index (χ0v) is 11.0. The summed E-state index contributed by atoms with van der Waals surface area (Å²) in [5.41, 5.74) is 3.05. The van der Waals surface area contributed by atoms with Crippen molar-refractivity contribution in [3.63, 3.8) is 0 Å². The van der Waals surface area contributed by atoms with Crippen LogP contribution in [0.3, 0.4) is 0 Å². The molecular formula is C14H19NO3. The molecule has 4 nitrogen and oxygen atoms in total. The summed E-state index contributed by atoms with van der Waals surface area (Å²) < 4.78 is 0. The van der Waals surface area contributed by atoms with E-state index in [0.29, 0.717) is 0 Å². The number of rotatable bonds is 5. The first-order valence-electron chi connectivity index (χ1n) is 5.97. The number of nitrogens with one attached hydrogen (secondary N) is 1. The standard InChI is InChI=1S/C14H19NO3/c1-9(7-14(17)18)6-13(16)15-12-5-4-10(2)11(3)8-12/h4-5,8-9H,6-7H2,1-3H3,(H,15,16)(H,17,18). The highest BCUT2D eigenvalue weighted by Crippen LogP contribution is 2.15. The van der Waals surface area contributed by atoms with Gasteiger partial charge in [-0.1, -0.05) is 13.0 Å². The largest absolute Gasteiger partial charge is 0.481 e. The van der Waals surface area contributed by atoms with Crippen LogP contribution in [0.5, 0.6) is 0 Å². The number of hydrogen-bond acceptors (Lipinski definition) is 2. The Hall–Kier alpha value is -1.84. The fourth-order valence-corrected chi connectivity index (χ4v) is 1.72. The van der Waals surface area contributed by atoms with E-state index in [0.717, 1.165) is 11.3 Å². The summed E-state index contributed by atoms with van der Waals surface area (Å²) in [5, 5.41) is 11.4. The molecule has 0 heterocycles. The van der Waals surface area contributed by atoms with E-state index in [9.17, 15) is 9.59 Å². The van der Waals surface area contributed by atoms with Gasteiger partial charge in [-0.05, 0) is 43.0 Å². The zero-order chi connectivity index (χ0) is 13.7. The van der Waals surface area contributed by atoms with E-state index in [1.165, 1.54) is 5.56 Å². The fraction of sp³-hybridized carbons (Fsp3) is 0.429. The lowest BCUT2D eigenvalue weighted by Gasteiger charge is -2.10. The second kappa shape index (κ2) is 6.19. The zero-order valence-electron chi connectivity index (χ0n) is 11.0. The number of carboxylic acids is 1. The van der Waals surface area contributed by atoms with Gasteiger partial charge in [0.1, 0.15) is 0 Å². The molecule has 4 heteroatoms. The van der Waals surface area contributed by atoms with Crippen LogP contribution in [0.1, 0.15) is 30.9 Å². The molecule has 1 rings (SSSR count). The summed E-state index contributed by atoms with van der Waals surface area (Å²) in [6, 6.07) is 5.71. The van der Waals surface area contributed by atoms with Crippen LogP contribution in [0, 0.1) is 19.8 Å². The van der Waals surface area contributed by atoms with Gasteiger partial charge >= 0.3 is 5.97 Å². The summed E-state index contributed by atoms with van der Waals surface area (Å²) in [4.78, 5) is 22.2. The number of carbonyl (C=O) groups excluding carboxylic acids is 1. The highest BCUT2D eigenvalue weighted by atomic mass is 16.4. The van der Waals surface area contributed by atoms with Crippen LogP contribution < -0.4 is 5.32 Å². The van der Waals surface area contributed by atoms with Gasteiger partial charge in [0.2, 0.25) is 5.91 Å². The van der Waals surface area contributed by atoms with Crippen molar-refractivity contribution in [3.05, 3.63) is 29.3 Å². The van der Waals surface area contributed by atoms with Crippen LogP contribution in [-0.2, 0) is 9.59 Å². The number of aliphatic carboxylic acids is 1. The molecule has 0 aliphatic heterocycles. The van der Waals surface area contributed by atoms with Crippen LogP contribution in [0.25, 0.3) is 0 Å². The molecule has 0 bridgehead atoms. The molecule has 1 unspecified atom stereocenters. The maximum atomic E-state index is 11.7. The van der Waals surface area contributed by atoms with Crippen molar-refractivity contribution < 1.29 is 14.7 Å². The van der Waals surface area contributed by atoms with Crippen molar-refractivity contribution in [2.75, 3.05) is 5.32 Å². The smallest absolute Gasteiger partial charge is 0.303 e. The lowest BCUT2D eigenvalue weighted by molar-refractivity contribution is -0.138. The maximum Gasteiger partial charge on any atom is 0.303 e. The van der Waals surface area contributed by atoms with Gasteiger partial charge in [0, 0.05) is 18.5 Å². The molecule has 1 atom stereocenters. The molecule has 1 amide bonds. The Kier molecular flexibility index (Phi) is 4.89. The van der Waals surface area contributed by atoms with Crippen molar-refractivity contribution in [3.8, 4) is 0 Å². The monoisotopic (exact) mass is 249 g/mol. The van der Waals surface area contributed by atoms with Gasteiger partial charge in [0.25, 0.3) is 0 Å². The van der Waals surface area contributed by atoms with E-state index in [1.54, 1.807) is 6.92 Å². The molecule has 0 spiro atoms. The van der Waals surface area contributed by atoms with Crippen molar-refractivity contribution >= 4 is 17.6 Å². The molecule has 2 N–H and O–H groups in total. The highest BCUT2D eigenvalue weighted by molar-refractivity contribution is 5.91. The van der Waals surface area contributed by atoms with Crippen molar-refractivity contribution in [1.82, 2.24) is 0 Å². The number of hydrogen-bond donors (Lipinski definition) is 2. The predicted molar refractivity (Wildman–Crippen MR) is 70.6 cm³/mol. The number of carboxylic acid groups (broad SMARTS) is 1. The summed E-state index contributed by atoms with van der Waals surface area (Å²) in [6.45, 7) is 5.75. The maximum absolute atomic E-state index is 11.7. The third kappa shape index (κ3) is 4.57. The minimum atomic E-state index is -0.874. The Morgan fingerprint density at radius 2 is 1.89 bits per heavy atom. The number of benzene rings is 1. The van der Waals surface area contributed by atoms with E-state index >= 15 is 0 Å². The van der Waals surface area contributed by atoms with E-state index in [2.05, 4.69) is 5.32 Å². The summed E-state index contributed by atoms with van der Waals surface area (Å²) >= 11 is 0. The minimum absolute atomic E-state index is 0.0142. The second-order valence-electron chi connectivity index (χ2n) is 4.75. The highest BCUT2D eigenvalue weighted by Gasteiger charge is 2.12. The molecule has 0 radical (unpaired) electrons. The van der Waals surface area contributed by atoms with Gasteiger partial charge < -0.3 is 10.4 Å². The molecule has 0 aliphatic carbocycles. The lowest BCUT2D eigenvalue weighted by Crippen LogP contribution is -2.17. The Bertz CT molecular complexity index is 454. The van der Waals surface area contributed by atoms with Gasteiger partial charge in [-0.25, -0.2) is 0 Å². The molecule has 0 fully saturated rings. The predicted octanol–water partition coefficient (Wildman–Crippen LogP) is 2.74. The SMILES string of the molecule is Cc1ccc(NC(=O)CC(C)CC(=O)O)cc1C.